The number of carbonyl (C=O) groups excluding carboxylic acids is 1. The zero-order chi connectivity index (χ0) is 14.4. The monoisotopic (exact) mass is 294 g/mol. The SMILES string of the molecule is CSc1ccccc1NC(=O)CN(CCO)C1CCC1. The molecule has 2 N–H and O–H groups in total. The number of thioether (sulfide) groups is 1. The normalized spacial score (nSPS) is 15.2. The second-order valence-corrected chi connectivity index (χ2v) is 5.88. The van der Waals surface area contributed by atoms with Crippen LogP contribution in [0.3, 0.4) is 0 Å². The summed E-state index contributed by atoms with van der Waals surface area (Å²) in [6.07, 6.45) is 5.49. The Hall–Kier alpha value is -1.04. The van der Waals surface area contributed by atoms with Gasteiger partial charge in [0.1, 0.15) is 0 Å². The highest BCUT2D eigenvalue weighted by molar-refractivity contribution is 7.98. The predicted octanol–water partition coefficient (Wildman–Crippen LogP) is 2.19. The largest absolute Gasteiger partial charge is 0.395 e. The minimum atomic E-state index is -0.00755. The van der Waals surface area contributed by atoms with Gasteiger partial charge in [-0.2, -0.15) is 0 Å². The molecule has 0 bridgehead atoms. The Bertz CT molecular complexity index is 449. The lowest BCUT2D eigenvalue weighted by molar-refractivity contribution is -0.118. The molecule has 0 atom stereocenters. The zero-order valence-electron chi connectivity index (χ0n) is 11.8. The number of benzene rings is 1. The van der Waals surface area contributed by atoms with Crippen LogP contribution in [0.25, 0.3) is 0 Å². The third kappa shape index (κ3) is 3.98. The minimum absolute atomic E-state index is 0.00755. The average molecular weight is 294 g/mol. The molecule has 0 unspecified atom stereocenters. The van der Waals surface area contributed by atoms with Gasteiger partial charge in [-0.15, -0.1) is 11.8 Å². The van der Waals surface area contributed by atoms with Gasteiger partial charge in [-0.25, -0.2) is 0 Å². The van der Waals surface area contributed by atoms with Crippen LogP contribution < -0.4 is 5.32 Å². The molecule has 2 rings (SSSR count). The maximum Gasteiger partial charge on any atom is 0.238 e. The first-order valence-electron chi connectivity index (χ1n) is 7.02. The number of hydrogen-bond acceptors (Lipinski definition) is 4. The van der Waals surface area contributed by atoms with Gasteiger partial charge in [0.05, 0.1) is 18.8 Å². The van der Waals surface area contributed by atoms with Crippen molar-refractivity contribution < 1.29 is 9.90 Å². The molecule has 1 saturated carbocycles. The van der Waals surface area contributed by atoms with Gasteiger partial charge in [-0.3, -0.25) is 9.69 Å². The maximum absolute atomic E-state index is 12.2. The van der Waals surface area contributed by atoms with Gasteiger partial charge in [0.15, 0.2) is 0 Å². The molecule has 0 aliphatic heterocycles. The highest BCUT2D eigenvalue weighted by Gasteiger charge is 2.26. The standard InChI is InChI=1S/C15H22N2O2S/c1-20-14-8-3-2-7-13(14)16-15(19)11-17(9-10-18)12-5-4-6-12/h2-3,7-8,12,18H,4-6,9-11H2,1H3,(H,16,19). The Morgan fingerprint density at radius 2 is 2.20 bits per heavy atom. The minimum Gasteiger partial charge on any atom is -0.395 e. The Balaban J connectivity index is 1.93. The number of rotatable bonds is 7. The molecule has 1 aromatic rings. The highest BCUT2D eigenvalue weighted by atomic mass is 32.2. The molecule has 20 heavy (non-hydrogen) atoms. The van der Waals surface area contributed by atoms with E-state index in [0.717, 1.165) is 23.4 Å². The number of hydrogen-bond donors (Lipinski definition) is 2. The predicted molar refractivity (Wildman–Crippen MR) is 83.2 cm³/mol. The summed E-state index contributed by atoms with van der Waals surface area (Å²) in [7, 11) is 0. The van der Waals surface area contributed by atoms with E-state index in [1.54, 1.807) is 11.8 Å². The summed E-state index contributed by atoms with van der Waals surface area (Å²) in [5, 5.41) is 12.1. The van der Waals surface area contributed by atoms with E-state index in [1.807, 2.05) is 30.5 Å². The van der Waals surface area contributed by atoms with Crippen LogP contribution in [0.15, 0.2) is 29.2 Å². The topological polar surface area (TPSA) is 52.6 Å². The second-order valence-electron chi connectivity index (χ2n) is 5.03. The number of aliphatic hydroxyl groups excluding tert-OH is 1. The maximum atomic E-state index is 12.2. The van der Waals surface area contributed by atoms with E-state index >= 15 is 0 Å². The Morgan fingerprint density at radius 1 is 1.45 bits per heavy atom. The molecule has 110 valence electrons. The molecule has 1 aliphatic carbocycles. The quantitative estimate of drug-likeness (QED) is 0.757. The van der Waals surface area contributed by atoms with Gasteiger partial charge in [0.2, 0.25) is 5.91 Å². The summed E-state index contributed by atoms with van der Waals surface area (Å²) < 4.78 is 0. The van der Waals surface area contributed by atoms with Crippen molar-refractivity contribution >= 4 is 23.4 Å². The van der Waals surface area contributed by atoms with Crippen molar-refractivity contribution in [3.63, 3.8) is 0 Å². The van der Waals surface area contributed by atoms with E-state index < -0.39 is 0 Å². The second kappa shape index (κ2) is 7.67. The Labute approximate surface area is 124 Å². The van der Waals surface area contributed by atoms with Gasteiger partial charge < -0.3 is 10.4 Å². The molecule has 0 heterocycles. The van der Waals surface area contributed by atoms with Crippen LogP contribution in [-0.2, 0) is 4.79 Å². The lowest BCUT2D eigenvalue weighted by Crippen LogP contribution is -2.45. The first-order chi connectivity index (χ1) is 9.74. The van der Waals surface area contributed by atoms with Crippen molar-refractivity contribution in [3.8, 4) is 0 Å². The van der Waals surface area contributed by atoms with Gasteiger partial charge in [-0.1, -0.05) is 18.6 Å². The van der Waals surface area contributed by atoms with Gasteiger partial charge in [-0.05, 0) is 31.2 Å². The molecule has 0 aromatic heterocycles. The fourth-order valence-corrected chi connectivity index (χ4v) is 2.95. The number of anilines is 1. The van der Waals surface area contributed by atoms with Crippen molar-refractivity contribution in [1.29, 1.82) is 0 Å². The molecule has 1 fully saturated rings. The van der Waals surface area contributed by atoms with Crippen molar-refractivity contribution in [2.75, 3.05) is 31.3 Å². The summed E-state index contributed by atoms with van der Waals surface area (Å²) in [5.74, 6) is -0.00755. The van der Waals surface area contributed by atoms with E-state index in [0.29, 0.717) is 19.1 Å². The van der Waals surface area contributed by atoms with Crippen LogP contribution in [0.1, 0.15) is 19.3 Å². The number of nitrogens with one attached hydrogen (secondary N) is 1. The lowest BCUT2D eigenvalue weighted by Gasteiger charge is -2.36. The van der Waals surface area contributed by atoms with Crippen LogP contribution in [0.5, 0.6) is 0 Å². The first kappa shape index (κ1) is 15.4. The number of nitrogens with zero attached hydrogens (tertiary/aromatic N) is 1. The van der Waals surface area contributed by atoms with Crippen LogP contribution in [0.4, 0.5) is 5.69 Å². The van der Waals surface area contributed by atoms with Crippen molar-refractivity contribution in [2.24, 2.45) is 0 Å². The molecule has 1 aromatic carbocycles. The number of aliphatic hydroxyl groups is 1. The van der Waals surface area contributed by atoms with Crippen LogP contribution in [0.2, 0.25) is 0 Å². The molecular formula is C15H22N2O2S. The van der Waals surface area contributed by atoms with E-state index in [-0.39, 0.29) is 12.5 Å². The number of para-hydroxylation sites is 1. The fourth-order valence-electron chi connectivity index (χ4n) is 2.39. The van der Waals surface area contributed by atoms with Gasteiger partial charge in [0, 0.05) is 17.5 Å². The van der Waals surface area contributed by atoms with Crippen LogP contribution >= 0.6 is 11.8 Å². The Kier molecular flexibility index (Phi) is 5.88. The van der Waals surface area contributed by atoms with E-state index in [1.165, 1.54) is 6.42 Å². The molecule has 1 amide bonds. The first-order valence-corrected chi connectivity index (χ1v) is 8.25. The third-order valence-corrected chi connectivity index (χ3v) is 4.50. The molecule has 0 radical (unpaired) electrons. The summed E-state index contributed by atoms with van der Waals surface area (Å²) in [5.41, 5.74) is 0.863. The summed E-state index contributed by atoms with van der Waals surface area (Å²) in [4.78, 5) is 15.3. The highest BCUT2D eigenvalue weighted by Crippen LogP contribution is 2.26. The van der Waals surface area contributed by atoms with Crippen molar-refractivity contribution in [1.82, 2.24) is 4.90 Å². The molecule has 0 spiro atoms. The van der Waals surface area contributed by atoms with Crippen LogP contribution in [0, 0.1) is 0 Å². The van der Waals surface area contributed by atoms with E-state index in [9.17, 15) is 4.79 Å². The van der Waals surface area contributed by atoms with E-state index in [2.05, 4.69) is 10.2 Å². The zero-order valence-corrected chi connectivity index (χ0v) is 12.7. The third-order valence-electron chi connectivity index (χ3n) is 3.71. The number of carbonyl (C=O) groups is 1. The molecule has 0 saturated heterocycles. The molecule has 5 heteroatoms. The lowest BCUT2D eigenvalue weighted by atomic mass is 9.91. The Morgan fingerprint density at radius 3 is 2.80 bits per heavy atom. The summed E-state index contributed by atoms with van der Waals surface area (Å²) in [6, 6.07) is 8.27. The molecular weight excluding hydrogens is 272 g/mol. The molecule has 1 aliphatic rings. The number of amides is 1. The average Bonchev–Trinajstić information content (AvgIpc) is 2.37. The van der Waals surface area contributed by atoms with E-state index in [4.69, 9.17) is 5.11 Å². The van der Waals surface area contributed by atoms with Gasteiger partial charge >= 0.3 is 0 Å². The summed E-state index contributed by atoms with van der Waals surface area (Å²) >= 11 is 1.62. The summed E-state index contributed by atoms with van der Waals surface area (Å²) in [6.45, 7) is 1.03. The fraction of sp³-hybridized carbons (Fsp3) is 0.533. The van der Waals surface area contributed by atoms with Crippen molar-refractivity contribution in [2.45, 2.75) is 30.2 Å². The van der Waals surface area contributed by atoms with Crippen LogP contribution in [-0.4, -0.2) is 47.9 Å². The smallest absolute Gasteiger partial charge is 0.238 e. The van der Waals surface area contributed by atoms with Crippen molar-refractivity contribution in [3.05, 3.63) is 24.3 Å². The molecule has 4 nitrogen and oxygen atoms in total. The van der Waals surface area contributed by atoms with Gasteiger partial charge in [0.25, 0.3) is 0 Å².